The Balaban J connectivity index is 3.10. The van der Waals surface area contributed by atoms with Gasteiger partial charge in [0.05, 0.1) is 6.42 Å². The van der Waals surface area contributed by atoms with Crippen molar-refractivity contribution in [2.75, 3.05) is 0 Å². The van der Waals surface area contributed by atoms with Gasteiger partial charge in [-0.1, -0.05) is 45.0 Å². The first-order valence-electron chi connectivity index (χ1n) is 6.35. The van der Waals surface area contributed by atoms with E-state index in [0.717, 1.165) is 5.56 Å². The first-order valence-corrected chi connectivity index (χ1v) is 6.35. The summed E-state index contributed by atoms with van der Waals surface area (Å²) in [5.41, 5.74) is 7.70. The fourth-order valence-corrected chi connectivity index (χ4v) is 2.09. The molecule has 0 heterocycles. The number of aliphatic carboxylic acids is 1. The van der Waals surface area contributed by atoms with Gasteiger partial charge in [-0.2, -0.15) is 0 Å². The summed E-state index contributed by atoms with van der Waals surface area (Å²) in [5.74, 6) is -0.345. The van der Waals surface area contributed by atoms with Crippen LogP contribution >= 0.6 is 0 Å². The first kappa shape index (κ1) is 14.7. The average Bonchev–Trinajstić information content (AvgIpc) is 2.27. The van der Waals surface area contributed by atoms with Crippen LogP contribution < -0.4 is 5.73 Å². The summed E-state index contributed by atoms with van der Waals surface area (Å²) in [6.45, 7) is 8.05. The van der Waals surface area contributed by atoms with Crippen molar-refractivity contribution >= 4 is 5.97 Å². The standard InChI is InChI=1S/C15H23NO2/c1-10(2)12-5-7-13(8-6-12)15(4,11(3)16)9-14(17)18/h5-8,10-11H,9,16H2,1-4H3,(H,17,18). The molecule has 0 aromatic heterocycles. The SMILES string of the molecule is CC(C)c1ccc(C(C)(CC(=O)O)C(C)N)cc1. The summed E-state index contributed by atoms with van der Waals surface area (Å²) in [6.07, 6.45) is 0.0473. The predicted molar refractivity (Wildman–Crippen MR) is 73.8 cm³/mol. The maximum absolute atomic E-state index is 11.0. The van der Waals surface area contributed by atoms with E-state index in [1.807, 2.05) is 26.0 Å². The van der Waals surface area contributed by atoms with Gasteiger partial charge in [-0.25, -0.2) is 0 Å². The van der Waals surface area contributed by atoms with Gasteiger partial charge in [-0.3, -0.25) is 4.79 Å². The van der Waals surface area contributed by atoms with Gasteiger partial charge in [0.15, 0.2) is 0 Å². The lowest BCUT2D eigenvalue weighted by atomic mass is 9.74. The van der Waals surface area contributed by atoms with E-state index in [1.54, 1.807) is 0 Å². The van der Waals surface area contributed by atoms with Crippen LogP contribution in [-0.4, -0.2) is 17.1 Å². The highest BCUT2D eigenvalue weighted by molar-refractivity contribution is 5.69. The molecule has 0 bridgehead atoms. The largest absolute Gasteiger partial charge is 0.481 e. The van der Waals surface area contributed by atoms with Crippen molar-refractivity contribution in [1.29, 1.82) is 0 Å². The maximum Gasteiger partial charge on any atom is 0.304 e. The second-order valence-electron chi connectivity index (χ2n) is 5.55. The van der Waals surface area contributed by atoms with Crippen LogP contribution in [0.2, 0.25) is 0 Å². The predicted octanol–water partition coefficient (Wildman–Crippen LogP) is 2.89. The minimum atomic E-state index is -0.817. The number of benzene rings is 1. The Morgan fingerprint density at radius 3 is 2.11 bits per heavy atom. The number of carbonyl (C=O) groups is 1. The topological polar surface area (TPSA) is 63.3 Å². The van der Waals surface area contributed by atoms with Crippen LogP contribution in [-0.2, 0) is 10.2 Å². The zero-order valence-corrected chi connectivity index (χ0v) is 11.6. The summed E-state index contributed by atoms with van der Waals surface area (Å²) in [5, 5.41) is 9.05. The minimum Gasteiger partial charge on any atom is -0.481 e. The zero-order valence-electron chi connectivity index (χ0n) is 11.6. The Labute approximate surface area is 109 Å². The Kier molecular flexibility index (Phi) is 4.52. The normalized spacial score (nSPS) is 16.3. The third kappa shape index (κ3) is 3.10. The van der Waals surface area contributed by atoms with E-state index in [9.17, 15) is 4.79 Å². The summed E-state index contributed by atoms with van der Waals surface area (Å²) >= 11 is 0. The fourth-order valence-electron chi connectivity index (χ4n) is 2.09. The van der Waals surface area contributed by atoms with Crippen LogP contribution in [0.25, 0.3) is 0 Å². The first-order chi connectivity index (χ1) is 8.27. The third-order valence-corrected chi connectivity index (χ3v) is 3.76. The van der Waals surface area contributed by atoms with Gasteiger partial charge in [0.2, 0.25) is 0 Å². The average molecular weight is 249 g/mol. The van der Waals surface area contributed by atoms with Crippen LogP contribution in [0.5, 0.6) is 0 Å². The van der Waals surface area contributed by atoms with E-state index in [2.05, 4.69) is 26.0 Å². The lowest BCUT2D eigenvalue weighted by Gasteiger charge is -2.33. The van der Waals surface area contributed by atoms with Crippen LogP contribution in [0.4, 0.5) is 0 Å². The molecule has 100 valence electrons. The van der Waals surface area contributed by atoms with Gasteiger partial charge in [0, 0.05) is 11.5 Å². The van der Waals surface area contributed by atoms with E-state index in [-0.39, 0.29) is 12.5 Å². The summed E-state index contributed by atoms with van der Waals surface area (Å²) in [6, 6.07) is 7.91. The zero-order chi connectivity index (χ0) is 13.9. The molecule has 0 aliphatic carbocycles. The number of hydrogen-bond acceptors (Lipinski definition) is 2. The molecular formula is C15H23NO2. The molecule has 18 heavy (non-hydrogen) atoms. The van der Waals surface area contributed by atoms with E-state index < -0.39 is 11.4 Å². The van der Waals surface area contributed by atoms with Crippen molar-refractivity contribution in [1.82, 2.24) is 0 Å². The molecular weight excluding hydrogens is 226 g/mol. The second kappa shape index (κ2) is 5.53. The molecule has 2 unspecified atom stereocenters. The smallest absolute Gasteiger partial charge is 0.304 e. The number of nitrogens with two attached hydrogens (primary N) is 1. The van der Waals surface area contributed by atoms with Crippen molar-refractivity contribution in [2.45, 2.75) is 51.5 Å². The third-order valence-electron chi connectivity index (χ3n) is 3.76. The van der Waals surface area contributed by atoms with Gasteiger partial charge in [0.25, 0.3) is 0 Å². The molecule has 0 saturated heterocycles. The van der Waals surface area contributed by atoms with Gasteiger partial charge in [-0.05, 0) is 24.0 Å². The van der Waals surface area contributed by atoms with E-state index in [4.69, 9.17) is 10.8 Å². The molecule has 1 aromatic rings. The van der Waals surface area contributed by atoms with Gasteiger partial charge < -0.3 is 10.8 Å². The molecule has 0 aliphatic heterocycles. The molecule has 3 N–H and O–H groups in total. The van der Waals surface area contributed by atoms with E-state index >= 15 is 0 Å². The molecule has 2 atom stereocenters. The van der Waals surface area contributed by atoms with E-state index in [0.29, 0.717) is 5.92 Å². The molecule has 0 radical (unpaired) electrons. The van der Waals surface area contributed by atoms with Crippen molar-refractivity contribution in [3.63, 3.8) is 0 Å². The molecule has 0 amide bonds. The lowest BCUT2D eigenvalue weighted by molar-refractivity contribution is -0.138. The molecule has 0 spiro atoms. The van der Waals surface area contributed by atoms with Crippen LogP contribution in [0.3, 0.4) is 0 Å². The molecule has 0 fully saturated rings. The van der Waals surface area contributed by atoms with Crippen molar-refractivity contribution < 1.29 is 9.90 Å². The minimum absolute atomic E-state index is 0.0473. The highest BCUT2D eigenvalue weighted by atomic mass is 16.4. The van der Waals surface area contributed by atoms with Crippen LogP contribution in [0.1, 0.15) is 51.2 Å². The number of hydrogen-bond donors (Lipinski definition) is 2. The Bertz CT molecular complexity index is 409. The van der Waals surface area contributed by atoms with Gasteiger partial charge in [-0.15, -0.1) is 0 Å². The Hall–Kier alpha value is -1.35. The maximum atomic E-state index is 11.0. The summed E-state index contributed by atoms with van der Waals surface area (Å²) in [7, 11) is 0. The van der Waals surface area contributed by atoms with Crippen molar-refractivity contribution in [2.24, 2.45) is 5.73 Å². The lowest BCUT2D eigenvalue weighted by Crippen LogP contribution is -2.42. The number of carboxylic acid groups (broad SMARTS) is 1. The van der Waals surface area contributed by atoms with Crippen LogP contribution in [0.15, 0.2) is 24.3 Å². The fraction of sp³-hybridized carbons (Fsp3) is 0.533. The van der Waals surface area contributed by atoms with Crippen molar-refractivity contribution in [3.8, 4) is 0 Å². The van der Waals surface area contributed by atoms with Gasteiger partial charge in [0.1, 0.15) is 0 Å². The molecule has 0 saturated carbocycles. The number of rotatable bonds is 5. The highest BCUT2D eigenvalue weighted by Gasteiger charge is 2.33. The Morgan fingerprint density at radius 1 is 1.28 bits per heavy atom. The molecule has 0 aliphatic rings. The second-order valence-corrected chi connectivity index (χ2v) is 5.55. The highest BCUT2D eigenvalue weighted by Crippen LogP contribution is 2.31. The molecule has 1 aromatic carbocycles. The monoisotopic (exact) mass is 249 g/mol. The molecule has 3 nitrogen and oxygen atoms in total. The van der Waals surface area contributed by atoms with Gasteiger partial charge >= 0.3 is 5.97 Å². The van der Waals surface area contributed by atoms with Crippen LogP contribution in [0, 0.1) is 0 Å². The summed E-state index contributed by atoms with van der Waals surface area (Å²) in [4.78, 5) is 11.0. The molecule has 3 heteroatoms. The summed E-state index contributed by atoms with van der Waals surface area (Å²) < 4.78 is 0. The quantitative estimate of drug-likeness (QED) is 0.843. The Morgan fingerprint density at radius 2 is 1.78 bits per heavy atom. The number of carboxylic acids is 1. The molecule has 1 rings (SSSR count). The van der Waals surface area contributed by atoms with Crippen molar-refractivity contribution in [3.05, 3.63) is 35.4 Å². The van der Waals surface area contributed by atoms with E-state index in [1.165, 1.54) is 5.56 Å².